The van der Waals surface area contributed by atoms with Crippen LogP contribution in [-0.4, -0.2) is 44.2 Å². The lowest BCUT2D eigenvalue weighted by Gasteiger charge is -2.31. The van der Waals surface area contributed by atoms with Gasteiger partial charge in [-0.25, -0.2) is 8.42 Å². The van der Waals surface area contributed by atoms with Crippen molar-refractivity contribution >= 4 is 27.5 Å². The molecular weight excluding hydrogens is 418 g/mol. The van der Waals surface area contributed by atoms with Crippen molar-refractivity contribution in [1.29, 1.82) is 0 Å². The molecule has 4 rings (SSSR count). The Kier molecular flexibility index (Phi) is 5.97. The van der Waals surface area contributed by atoms with Crippen LogP contribution in [0.3, 0.4) is 0 Å². The van der Waals surface area contributed by atoms with Crippen LogP contribution < -0.4 is 15.4 Å². The van der Waals surface area contributed by atoms with E-state index in [0.717, 1.165) is 11.1 Å². The maximum absolute atomic E-state index is 13.2. The number of hydrogen-bond acceptors (Lipinski definition) is 5. The van der Waals surface area contributed by atoms with E-state index >= 15 is 0 Å². The molecule has 0 saturated carbocycles. The van der Waals surface area contributed by atoms with Gasteiger partial charge in [0, 0.05) is 19.6 Å². The lowest BCUT2D eigenvalue weighted by Crippen LogP contribution is -2.45. The number of carbonyl (C=O) groups is 2. The molecule has 164 valence electrons. The second-order valence-electron chi connectivity index (χ2n) is 7.84. The molecule has 0 aliphatic carbocycles. The zero-order valence-corrected chi connectivity index (χ0v) is 18.1. The van der Waals surface area contributed by atoms with Crippen LogP contribution in [0.2, 0.25) is 0 Å². The number of nitrogens with zero attached hydrogens (tertiary/aromatic N) is 1. The van der Waals surface area contributed by atoms with Gasteiger partial charge >= 0.3 is 0 Å². The smallest absolute Gasteiger partial charge is 0.262 e. The standard InChI is InChI=1S/C22H25N3O5S/c1-15-5-2-3-6-16(15)12-23-22(27)17-7-4-10-25(13-17)31(28,29)18-8-9-20-19(11-18)24-21(26)14-30-20/h2-3,5-6,8-9,11,17H,4,7,10,12-14H2,1H3,(H,23,27)(H,24,26)/t17-/m1/s1. The number of fused-ring (bicyclic) bond motifs is 1. The van der Waals surface area contributed by atoms with Crippen molar-refractivity contribution in [3.8, 4) is 5.75 Å². The molecule has 0 spiro atoms. The van der Waals surface area contributed by atoms with Gasteiger partial charge in [0.2, 0.25) is 15.9 Å². The van der Waals surface area contributed by atoms with E-state index in [1.807, 2.05) is 31.2 Å². The highest BCUT2D eigenvalue weighted by Crippen LogP contribution is 2.32. The fourth-order valence-corrected chi connectivity index (χ4v) is 5.43. The molecule has 2 aliphatic rings. The Balaban J connectivity index is 1.45. The summed E-state index contributed by atoms with van der Waals surface area (Å²) in [4.78, 5) is 24.3. The van der Waals surface area contributed by atoms with E-state index in [1.54, 1.807) is 0 Å². The molecule has 9 heteroatoms. The minimum atomic E-state index is -3.81. The maximum Gasteiger partial charge on any atom is 0.262 e. The number of ether oxygens (including phenoxy) is 1. The van der Waals surface area contributed by atoms with E-state index in [1.165, 1.54) is 22.5 Å². The average Bonchev–Trinajstić information content (AvgIpc) is 2.78. The first-order valence-corrected chi connectivity index (χ1v) is 11.7. The van der Waals surface area contributed by atoms with Crippen molar-refractivity contribution in [3.63, 3.8) is 0 Å². The Morgan fingerprint density at radius 2 is 2.06 bits per heavy atom. The zero-order valence-electron chi connectivity index (χ0n) is 17.3. The lowest BCUT2D eigenvalue weighted by molar-refractivity contribution is -0.126. The van der Waals surface area contributed by atoms with Crippen molar-refractivity contribution in [3.05, 3.63) is 53.6 Å². The lowest BCUT2D eigenvalue weighted by atomic mass is 9.98. The normalized spacial score (nSPS) is 19.1. The molecule has 1 atom stereocenters. The summed E-state index contributed by atoms with van der Waals surface area (Å²) >= 11 is 0. The van der Waals surface area contributed by atoms with E-state index in [9.17, 15) is 18.0 Å². The van der Waals surface area contributed by atoms with Crippen LogP contribution in [0.4, 0.5) is 5.69 Å². The molecule has 2 aromatic carbocycles. The van der Waals surface area contributed by atoms with Gasteiger partial charge in [-0.1, -0.05) is 24.3 Å². The second kappa shape index (κ2) is 8.68. The van der Waals surface area contributed by atoms with Crippen LogP contribution in [0.15, 0.2) is 47.4 Å². The first-order valence-electron chi connectivity index (χ1n) is 10.2. The molecular formula is C22H25N3O5S. The third kappa shape index (κ3) is 4.57. The number of rotatable bonds is 5. The first-order chi connectivity index (χ1) is 14.8. The number of nitrogens with one attached hydrogen (secondary N) is 2. The number of benzene rings is 2. The maximum atomic E-state index is 13.2. The highest BCUT2D eigenvalue weighted by atomic mass is 32.2. The molecule has 1 fully saturated rings. The van der Waals surface area contributed by atoms with Gasteiger partial charge in [-0.3, -0.25) is 9.59 Å². The fourth-order valence-electron chi connectivity index (χ4n) is 3.88. The number of aryl methyl sites for hydroxylation is 1. The molecule has 31 heavy (non-hydrogen) atoms. The van der Waals surface area contributed by atoms with Gasteiger partial charge in [-0.2, -0.15) is 4.31 Å². The summed E-state index contributed by atoms with van der Waals surface area (Å²) in [5, 5.41) is 5.57. The van der Waals surface area contributed by atoms with Gasteiger partial charge in [0.15, 0.2) is 6.61 Å². The van der Waals surface area contributed by atoms with Gasteiger partial charge in [0.1, 0.15) is 5.75 Å². The first kappa shape index (κ1) is 21.3. The molecule has 2 aliphatic heterocycles. The molecule has 0 bridgehead atoms. The molecule has 0 radical (unpaired) electrons. The van der Waals surface area contributed by atoms with Gasteiger partial charge in [-0.05, 0) is 49.1 Å². The molecule has 8 nitrogen and oxygen atoms in total. The average molecular weight is 444 g/mol. The van der Waals surface area contributed by atoms with Gasteiger partial charge < -0.3 is 15.4 Å². The zero-order chi connectivity index (χ0) is 22.0. The van der Waals surface area contributed by atoms with E-state index in [0.29, 0.717) is 37.4 Å². The third-order valence-corrected chi connectivity index (χ3v) is 7.55. The van der Waals surface area contributed by atoms with Crippen LogP contribution in [0, 0.1) is 12.8 Å². The van der Waals surface area contributed by atoms with Gasteiger partial charge in [0.25, 0.3) is 5.91 Å². The molecule has 0 aromatic heterocycles. The van der Waals surface area contributed by atoms with E-state index < -0.39 is 15.9 Å². The Labute approximate surface area is 181 Å². The number of amides is 2. The monoisotopic (exact) mass is 443 g/mol. The minimum Gasteiger partial charge on any atom is -0.482 e. The quantitative estimate of drug-likeness (QED) is 0.736. The summed E-state index contributed by atoms with van der Waals surface area (Å²) in [6, 6.07) is 12.2. The van der Waals surface area contributed by atoms with Crippen molar-refractivity contribution < 1.29 is 22.7 Å². The summed E-state index contributed by atoms with van der Waals surface area (Å²) in [6.07, 6.45) is 1.24. The highest BCUT2D eigenvalue weighted by Gasteiger charge is 2.34. The van der Waals surface area contributed by atoms with E-state index in [4.69, 9.17) is 4.74 Å². The molecule has 2 aromatic rings. The number of carbonyl (C=O) groups excluding carboxylic acids is 2. The molecule has 2 heterocycles. The van der Waals surface area contributed by atoms with Crippen LogP contribution in [0.25, 0.3) is 0 Å². The summed E-state index contributed by atoms with van der Waals surface area (Å²) < 4.78 is 33.0. The predicted octanol–water partition coefficient (Wildman–Crippen LogP) is 2.04. The largest absolute Gasteiger partial charge is 0.482 e. The van der Waals surface area contributed by atoms with E-state index in [2.05, 4.69) is 10.6 Å². The number of hydrogen-bond donors (Lipinski definition) is 2. The minimum absolute atomic E-state index is 0.0676. The highest BCUT2D eigenvalue weighted by molar-refractivity contribution is 7.89. The van der Waals surface area contributed by atoms with Crippen molar-refractivity contribution in [1.82, 2.24) is 9.62 Å². The van der Waals surface area contributed by atoms with Crippen molar-refractivity contribution in [2.45, 2.75) is 31.2 Å². The second-order valence-corrected chi connectivity index (χ2v) is 9.78. The topological polar surface area (TPSA) is 105 Å². The molecule has 1 saturated heterocycles. The third-order valence-electron chi connectivity index (χ3n) is 5.69. The number of sulfonamides is 1. The molecule has 0 unspecified atom stereocenters. The Morgan fingerprint density at radius 1 is 1.26 bits per heavy atom. The SMILES string of the molecule is Cc1ccccc1CNC(=O)[C@@H]1CCCN(S(=O)(=O)c2ccc3c(c2)NC(=O)CO3)C1. The summed E-state index contributed by atoms with van der Waals surface area (Å²) in [5.41, 5.74) is 2.47. The van der Waals surface area contributed by atoms with Crippen molar-refractivity contribution in [2.24, 2.45) is 5.92 Å². The van der Waals surface area contributed by atoms with Gasteiger partial charge in [0.05, 0.1) is 16.5 Å². The number of piperidine rings is 1. The summed E-state index contributed by atoms with van der Waals surface area (Å²) in [7, 11) is -3.81. The Bertz CT molecular complexity index is 1120. The molecule has 2 amide bonds. The molecule has 2 N–H and O–H groups in total. The van der Waals surface area contributed by atoms with Crippen LogP contribution >= 0.6 is 0 Å². The number of anilines is 1. The van der Waals surface area contributed by atoms with Crippen molar-refractivity contribution in [2.75, 3.05) is 25.0 Å². The summed E-state index contributed by atoms with van der Waals surface area (Å²) in [6.45, 7) is 2.79. The van der Waals surface area contributed by atoms with Crippen LogP contribution in [0.1, 0.15) is 24.0 Å². The van der Waals surface area contributed by atoms with Crippen LogP contribution in [0.5, 0.6) is 5.75 Å². The van der Waals surface area contributed by atoms with Gasteiger partial charge in [-0.15, -0.1) is 0 Å². The predicted molar refractivity (Wildman–Crippen MR) is 115 cm³/mol. The Hall–Kier alpha value is -2.91. The summed E-state index contributed by atoms with van der Waals surface area (Å²) in [5.74, 6) is -0.446. The Morgan fingerprint density at radius 3 is 2.87 bits per heavy atom. The fraction of sp³-hybridized carbons (Fsp3) is 0.364. The van der Waals surface area contributed by atoms with Crippen LogP contribution in [-0.2, 0) is 26.2 Å². The van der Waals surface area contributed by atoms with E-state index in [-0.39, 0.29) is 29.9 Å².